The summed E-state index contributed by atoms with van der Waals surface area (Å²) < 4.78 is 12.9. The molecule has 1 N–H and O–H groups in total. The predicted molar refractivity (Wildman–Crippen MR) is 94.9 cm³/mol. The molecule has 1 saturated heterocycles. The summed E-state index contributed by atoms with van der Waals surface area (Å²) in [6.45, 7) is 1.63. The lowest BCUT2D eigenvalue weighted by Crippen LogP contribution is -2.35. The second-order valence-electron chi connectivity index (χ2n) is 6.28. The fraction of sp³-hybridized carbons (Fsp3) is 0.300. The quantitative estimate of drug-likeness (QED) is 0.924. The highest BCUT2D eigenvalue weighted by atomic mass is 19.1. The molecular formula is C20H21FN2O2. The summed E-state index contributed by atoms with van der Waals surface area (Å²) in [5.41, 5.74) is 2.02. The highest BCUT2D eigenvalue weighted by Crippen LogP contribution is 2.16. The number of halogens is 1. The van der Waals surface area contributed by atoms with E-state index in [1.165, 1.54) is 18.6 Å². The van der Waals surface area contributed by atoms with Crippen LogP contribution < -0.4 is 5.32 Å². The van der Waals surface area contributed by atoms with Crippen LogP contribution in [0.2, 0.25) is 0 Å². The number of likely N-dealkylation sites (tertiary alicyclic amines) is 1. The summed E-state index contributed by atoms with van der Waals surface area (Å²) in [5.74, 6) is -0.455. The smallest absolute Gasteiger partial charge is 0.253 e. The van der Waals surface area contributed by atoms with E-state index in [9.17, 15) is 14.0 Å². The lowest BCUT2D eigenvalue weighted by molar-refractivity contribution is -0.115. The molecule has 0 radical (unpaired) electrons. The molecule has 0 bridgehead atoms. The first-order valence-electron chi connectivity index (χ1n) is 8.55. The average molecular weight is 340 g/mol. The van der Waals surface area contributed by atoms with Crippen molar-refractivity contribution in [1.29, 1.82) is 0 Å². The first-order valence-corrected chi connectivity index (χ1v) is 8.55. The molecular weight excluding hydrogens is 319 g/mol. The van der Waals surface area contributed by atoms with Crippen LogP contribution in [-0.4, -0.2) is 29.8 Å². The van der Waals surface area contributed by atoms with Crippen molar-refractivity contribution in [3.05, 3.63) is 65.5 Å². The van der Waals surface area contributed by atoms with Crippen LogP contribution in [0.4, 0.5) is 10.1 Å². The average Bonchev–Trinajstić information content (AvgIpc) is 2.64. The largest absolute Gasteiger partial charge is 0.339 e. The summed E-state index contributed by atoms with van der Waals surface area (Å²) in [4.78, 5) is 26.3. The van der Waals surface area contributed by atoms with Gasteiger partial charge in [-0.3, -0.25) is 9.59 Å². The molecule has 5 heteroatoms. The maximum Gasteiger partial charge on any atom is 0.253 e. The number of piperidine rings is 1. The fourth-order valence-electron chi connectivity index (χ4n) is 2.97. The van der Waals surface area contributed by atoms with Crippen LogP contribution in [0.5, 0.6) is 0 Å². The number of carbonyl (C=O) groups excluding carboxylic acids is 2. The standard InChI is InChI=1S/C20H21FN2O2/c21-17-8-4-15(5-9-17)14-19(24)22-18-10-6-16(7-11-18)20(25)23-12-2-1-3-13-23/h4-11H,1-3,12-14H2,(H,22,24). The Morgan fingerprint density at radius 2 is 1.56 bits per heavy atom. The van der Waals surface area contributed by atoms with E-state index in [1.54, 1.807) is 36.4 Å². The van der Waals surface area contributed by atoms with Crippen LogP contribution in [0.25, 0.3) is 0 Å². The number of nitrogens with zero attached hydrogens (tertiary/aromatic N) is 1. The van der Waals surface area contributed by atoms with Gasteiger partial charge in [0.05, 0.1) is 6.42 Å². The van der Waals surface area contributed by atoms with Gasteiger partial charge < -0.3 is 10.2 Å². The molecule has 130 valence electrons. The van der Waals surface area contributed by atoms with Gasteiger partial charge in [-0.05, 0) is 61.2 Å². The Hall–Kier alpha value is -2.69. The van der Waals surface area contributed by atoms with Gasteiger partial charge in [-0.1, -0.05) is 12.1 Å². The normalized spacial score (nSPS) is 14.2. The van der Waals surface area contributed by atoms with E-state index >= 15 is 0 Å². The molecule has 2 aromatic carbocycles. The summed E-state index contributed by atoms with van der Waals surface area (Å²) in [6, 6.07) is 12.8. The number of anilines is 1. The second-order valence-corrected chi connectivity index (χ2v) is 6.28. The maximum absolute atomic E-state index is 12.9. The highest BCUT2D eigenvalue weighted by molar-refractivity contribution is 5.96. The lowest BCUT2D eigenvalue weighted by atomic mass is 10.1. The lowest BCUT2D eigenvalue weighted by Gasteiger charge is -2.26. The van der Waals surface area contributed by atoms with Gasteiger partial charge in [-0.25, -0.2) is 4.39 Å². The molecule has 0 spiro atoms. The number of benzene rings is 2. The molecule has 0 aliphatic carbocycles. The Morgan fingerprint density at radius 3 is 2.20 bits per heavy atom. The van der Waals surface area contributed by atoms with Gasteiger partial charge in [0.1, 0.15) is 5.82 Å². The minimum Gasteiger partial charge on any atom is -0.339 e. The van der Waals surface area contributed by atoms with Crippen molar-refractivity contribution in [3.8, 4) is 0 Å². The van der Waals surface area contributed by atoms with Crippen molar-refractivity contribution in [3.63, 3.8) is 0 Å². The second kappa shape index (κ2) is 7.92. The summed E-state index contributed by atoms with van der Waals surface area (Å²) >= 11 is 0. The molecule has 0 saturated carbocycles. The summed E-state index contributed by atoms with van der Waals surface area (Å²) in [6.07, 6.45) is 3.48. The van der Waals surface area contributed by atoms with Crippen LogP contribution >= 0.6 is 0 Å². The molecule has 1 heterocycles. The van der Waals surface area contributed by atoms with Crippen LogP contribution in [0, 0.1) is 5.82 Å². The Kier molecular flexibility index (Phi) is 5.43. The summed E-state index contributed by atoms with van der Waals surface area (Å²) in [7, 11) is 0. The minimum atomic E-state index is -0.321. The number of hydrogen-bond acceptors (Lipinski definition) is 2. The molecule has 0 atom stereocenters. The van der Waals surface area contributed by atoms with E-state index < -0.39 is 0 Å². The van der Waals surface area contributed by atoms with Crippen LogP contribution in [0.3, 0.4) is 0 Å². The minimum absolute atomic E-state index is 0.0453. The van der Waals surface area contributed by atoms with Crippen LogP contribution in [0.1, 0.15) is 35.2 Å². The molecule has 0 unspecified atom stereocenters. The highest BCUT2D eigenvalue weighted by Gasteiger charge is 2.17. The van der Waals surface area contributed by atoms with Gasteiger partial charge in [-0.15, -0.1) is 0 Å². The molecule has 1 aliphatic rings. The Labute approximate surface area is 146 Å². The van der Waals surface area contributed by atoms with Crippen molar-refractivity contribution in [2.24, 2.45) is 0 Å². The molecule has 3 rings (SSSR count). The SMILES string of the molecule is O=C(Cc1ccc(F)cc1)Nc1ccc(C(=O)N2CCCCC2)cc1. The van der Waals surface area contributed by atoms with E-state index in [-0.39, 0.29) is 24.1 Å². The Morgan fingerprint density at radius 1 is 0.920 bits per heavy atom. The van der Waals surface area contributed by atoms with E-state index in [2.05, 4.69) is 5.32 Å². The molecule has 4 nitrogen and oxygen atoms in total. The van der Waals surface area contributed by atoms with Crippen LogP contribution in [-0.2, 0) is 11.2 Å². The zero-order valence-corrected chi connectivity index (χ0v) is 14.0. The van der Waals surface area contributed by atoms with Crippen molar-refractivity contribution in [2.75, 3.05) is 18.4 Å². The third kappa shape index (κ3) is 4.66. The number of nitrogens with one attached hydrogen (secondary N) is 1. The number of amides is 2. The first kappa shape index (κ1) is 17.1. The fourth-order valence-corrected chi connectivity index (χ4v) is 2.97. The monoisotopic (exact) mass is 340 g/mol. The number of hydrogen-bond donors (Lipinski definition) is 1. The van der Waals surface area contributed by atoms with Crippen molar-refractivity contribution >= 4 is 17.5 Å². The summed E-state index contributed by atoms with van der Waals surface area (Å²) in [5, 5.41) is 2.79. The molecule has 1 fully saturated rings. The van der Waals surface area contributed by atoms with Gasteiger partial charge in [0, 0.05) is 24.3 Å². The van der Waals surface area contributed by atoms with Gasteiger partial charge in [-0.2, -0.15) is 0 Å². The molecule has 1 aliphatic heterocycles. The van der Waals surface area contributed by atoms with Crippen LogP contribution in [0.15, 0.2) is 48.5 Å². The van der Waals surface area contributed by atoms with E-state index in [1.807, 2.05) is 4.90 Å². The van der Waals surface area contributed by atoms with Gasteiger partial charge in [0.2, 0.25) is 5.91 Å². The predicted octanol–water partition coefficient (Wildman–Crippen LogP) is 3.63. The van der Waals surface area contributed by atoms with E-state index in [0.717, 1.165) is 31.5 Å². The van der Waals surface area contributed by atoms with Gasteiger partial charge >= 0.3 is 0 Å². The topological polar surface area (TPSA) is 49.4 Å². The third-order valence-electron chi connectivity index (χ3n) is 4.34. The molecule has 0 aromatic heterocycles. The third-order valence-corrected chi connectivity index (χ3v) is 4.34. The van der Waals surface area contributed by atoms with Crippen molar-refractivity contribution < 1.29 is 14.0 Å². The maximum atomic E-state index is 12.9. The number of carbonyl (C=O) groups is 2. The number of rotatable bonds is 4. The van der Waals surface area contributed by atoms with Crippen molar-refractivity contribution in [2.45, 2.75) is 25.7 Å². The molecule has 2 aromatic rings. The van der Waals surface area contributed by atoms with Gasteiger partial charge in [0.25, 0.3) is 5.91 Å². The van der Waals surface area contributed by atoms with Gasteiger partial charge in [0.15, 0.2) is 0 Å². The first-order chi connectivity index (χ1) is 12.1. The van der Waals surface area contributed by atoms with E-state index in [0.29, 0.717) is 11.3 Å². The van der Waals surface area contributed by atoms with Crippen molar-refractivity contribution in [1.82, 2.24) is 4.90 Å². The Balaban J connectivity index is 1.57. The molecule has 25 heavy (non-hydrogen) atoms. The zero-order chi connectivity index (χ0) is 17.6. The zero-order valence-electron chi connectivity index (χ0n) is 14.0. The van der Waals surface area contributed by atoms with E-state index in [4.69, 9.17) is 0 Å². The Bertz CT molecular complexity index is 735. The molecule has 2 amide bonds.